The van der Waals surface area contributed by atoms with E-state index >= 15 is 0 Å². The fourth-order valence-electron chi connectivity index (χ4n) is 1.71. The molecule has 0 aliphatic carbocycles. The monoisotopic (exact) mass is 236 g/mol. The molecule has 1 atom stereocenters. The molecule has 0 fully saturated rings. The normalized spacial score (nSPS) is 12.2. The largest absolute Gasteiger partial charge is 0.399 e. The van der Waals surface area contributed by atoms with Gasteiger partial charge in [-0.1, -0.05) is 0 Å². The molecular weight excluding hydrogens is 216 g/mol. The summed E-state index contributed by atoms with van der Waals surface area (Å²) in [6.07, 6.45) is 1.47. The molecule has 0 bridgehead atoms. The Kier molecular flexibility index (Phi) is 4.97. The van der Waals surface area contributed by atoms with Gasteiger partial charge in [0.2, 0.25) is 0 Å². The van der Waals surface area contributed by atoms with Gasteiger partial charge >= 0.3 is 0 Å². The molecule has 1 aromatic carbocycles. The maximum Gasteiger partial charge on any atom is 0.251 e. The van der Waals surface area contributed by atoms with Crippen LogP contribution in [0, 0.1) is 6.92 Å². The second kappa shape index (κ2) is 6.25. The third kappa shape index (κ3) is 4.07. The lowest BCUT2D eigenvalue weighted by Crippen LogP contribution is -2.33. The van der Waals surface area contributed by atoms with Gasteiger partial charge in [0, 0.05) is 23.9 Å². The lowest BCUT2D eigenvalue weighted by Gasteiger charge is -2.14. The number of carbonyl (C=O) groups is 1. The number of carbonyl (C=O) groups excluding carboxylic acids is 1. The lowest BCUT2D eigenvalue weighted by molar-refractivity contribution is 0.0936. The third-order valence-corrected chi connectivity index (χ3v) is 2.67. The van der Waals surface area contributed by atoms with Crippen molar-refractivity contribution in [1.82, 2.24) is 5.32 Å². The summed E-state index contributed by atoms with van der Waals surface area (Å²) in [4.78, 5) is 11.9. The predicted octanol–water partition coefficient (Wildman–Crippen LogP) is 1.47. The number of rotatable bonds is 5. The Morgan fingerprint density at radius 2 is 2.24 bits per heavy atom. The second-order valence-corrected chi connectivity index (χ2v) is 4.31. The van der Waals surface area contributed by atoms with Crippen LogP contribution in [-0.2, 0) is 0 Å². The first-order chi connectivity index (χ1) is 8.04. The number of anilines is 1. The zero-order valence-corrected chi connectivity index (χ0v) is 10.4. The van der Waals surface area contributed by atoms with Crippen LogP contribution < -0.4 is 11.1 Å². The van der Waals surface area contributed by atoms with Gasteiger partial charge in [-0.25, -0.2) is 0 Å². The highest BCUT2D eigenvalue weighted by atomic mass is 16.2. The lowest BCUT2D eigenvalue weighted by atomic mass is 10.1. The molecule has 4 nitrogen and oxygen atoms in total. The molecule has 17 heavy (non-hydrogen) atoms. The van der Waals surface area contributed by atoms with Crippen molar-refractivity contribution in [3.05, 3.63) is 29.3 Å². The maximum atomic E-state index is 11.9. The number of hydrogen-bond acceptors (Lipinski definition) is 3. The molecule has 0 aliphatic rings. The van der Waals surface area contributed by atoms with E-state index in [1.807, 2.05) is 13.8 Å². The van der Waals surface area contributed by atoms with Gasteiger partial charge in [0.1, 0.15) is 0 Å². The van der Waals surface area contributed by atoms with Crippen LogP contribution >= 0.6 is 0 Å². The minimum atomic E-state index is -0.0899. The summed E-state index contributed by atoms with van der Waals surface area (Å²) in [5.41, 5.74) is 7.82. The highest BCUT2D eigenvalue weighted by Gasteiger charge is 2.11. The molecule has 1 rings (SSSR count). The predicted molar refractivity (Wildman–Crippen MR) is 68.8 cm³/mol. The van der Waals surface area contributed by atoms with E-state index in [2.05, 4.69) is 5.32 Å². The van der Waals surface area contributed by atoms with Crippen molar-refractivity contribution < 1.29 is 9.90 Å². The highest BCUT2D eigenvalue weighted by Crippen LogP contribution is 2.12. The Morgan fingerprint density at radius 3 is 2.82 bits per heavy atom. The van der Waals surface area contributed by atoms with Gasteiger partial charge in [0.15, 0.2) is 0 Å². The first-order valence-corrected chi connectivity index (χ1v) is 5.82. The van der Waals surface area contributed by atoms with Gasteiger partial charge < -0.3 is 16.2 Å². The van der Waals surface area contributed by atoms with Gasteiger partial charge in [0.05, 0.1) is 0 Å². The summed E-state index contributed by atoms with van der Waals surface area (Å²) in [5, 5.41) is 11.6. The Hall–Kier alpha value is -1.55. The van der Waals surface area contributed by atoms with E-state index in [0.717, 1.165) is 12.0 Å². The molecule has 0 aliphatic heterocycles. The van der Waals surface area contributed by atoms with E-state index < -0.39 is 0 Å². The summed E-state index contributed by atoms with van der Waals surface area (Å²) in [5.74, 6) is -0.0899. The zero-order chi connectivity index (χ0) is 12.8. The molecule has 0 radical (unpaired) electrons. The van der Waals surface area contributed by atoms with Gasteiger partial charge in [-0.15, -0.1) is 0 Å². The number of aryl methyl sites for hydroxylation is 1. The molecule has 0 spiro atoms. The number of nitrogens with two attached hydrogens (primary N) is 1. The summed E-state index contributed by atoms with van der Waals surface area (Å²) in [6.45, 7) is 3.95. The summed E-state index contributed by atoms with van der Waals surface area (Å²) in [7, 11) is 0. The third-order valence-electron chi connectivity index (χ3n) is 2.67. The second-order valence-electron chi connectivity index (χ2n) is 4.31. The molecule has 0 heterocycles. The van der Waals surface area contributed by atoms with E-state index in [-0.39, 0.29) is 18.6 Å². The average molecular weight is 236 g/mol. The highest BCUT2D eigenvalue weighted by molar-refractivity contribution is 5.96. The molecule has 4 heteroatoms. The SMILES string of the molecule is Cc1cc(N)ccc1C(=O)NC(C)CCCO. The zero-order valence-electron chi connectivity index (χ0n) is 10.4. The topological polar surface area (TPSA) is 75.4 Å². The molecule has 4 N–H and O–H groups in total. The molecule has 94 valence electrons. The molecule has 0 saturated carbocycles. The van der Waals surface area contributed by atoms with E-state index in [1.54, 1.807) is 18.2 Å². The molecule has 1 unspecified atom stereocenters. The Morgan fingerprint density at radius 1 is 1.53 bits per heavy atom. The number of nitrogens with one attached hydrogen (secondary N) is 1. The van der Waals surface area contributed by atoms with Gasteiger partial charge in [-0.3, -0.25) is 4.79 Å². The van der Waals surface area contributed by atoms with E-state index in [4.69, 9.17) is 10.8 Å². The smallest absolute Gasteiger partial charge is 0.251 e. The fourth-order valence-corrected chi connectivity index (χ4v) is 1.71. The van der Waals surface area contributed by atoms with Crippen LogP contribution in [0.5, 0.6) is 0 Å². The Labute approximate surface area is 102 Å². The first-order valence-electron chi connectivity index (χ1n) is 5.82. The van der Waals surface area contributed by atoms with Crippen LogP contribution in [0.1, 0.15) is 35.7 Å². The van der Waals surface area contributed by atoms with Crippen molar-refractivity contribution in [3.63, 3.8) is 0 Å². The number of aliphatic hydroxyl groups excluding tert-OH is 1. The molecule has 1 amide bonds. The van der Waals surface area contributed by atoms with Gasteiger partial charge in [0.25, 0.3) is 5.91 Å². The quantitative estimate of drug-likeness (QED) is 0.678. The molecule has 0 aromatic heterocycles. The minimum absolute atomic E-state index is 0.0617. The first kappa shape index (κ1) is 13.5. The standard InChI is InChI=1S/C13H20N2O2/c1-9-8-11(14)5-6-12(9)13(17)15-10(2)4-3-7-16/h5-6,8,10,16H,3-4,7,14H2,1-2H3,(H,15,17). The van der Waals surface area contributed by atoms with Crippen LogP contribution in [0.25, 0.3) is 0 Å². The van der Waals surface area contributed by atoms with Crippen LogP contribution in [-0.4, -0.2) is 23.7 Å². The Bertz CT molecular complexity index is 391. The number of hydrogen-bond donors (Lipinski definition) is 3. The molecular formula is C13H20N2O2. The van der Waals surface area contributed by atoms with Gasteiger partial charge in [-0.2, -0.15) is 0 Å². The number of amides is 1. The van der Waals surface area contributed by atoms with Crippen LogP contribution in [0.3, 0.4) is 0 Å². The van der Waals surface area contributed by atoms with Crippen LogP contribution in [0.4, 0.5) is 5.69 Å². The average Bonchev–Trinajstić information content (AvgIpc) is 2.26. The summed E-state index contributed by atoms with van der Waals surface area (Å²) >= 11 is 0. The van der Waals surface area contributed by atoms with E-state index in [9.17, 15) is 4.79 Å². The fraction of sp³-hybridized carbons (Fsp3) is 0.462. The summed E-state index contributed by atoms with van der Waals surface area (Å²) < 4.78 is 0. The van der Waals surface area contributed by atoms with Crippen molar-refractivity contribution in [3.8, 4) is 0 Å². The van der Waals surface area contributed by atoms with Crippen molar-refractivity contribution in [2.45, 2.75) is 32.7 Å². The molecule has 1 aromatic rings. The number of aliphatic hydroxyl groups is 1. The summed E-state index contributed by atoms with van der Waals surface area (Å²) in [6, 6.07) is 5.30. The van der Waals surface area contributed by atoms with Crippen molar-refractivity contribution in [2.75, 3.05) is 12.3 Å². The van der Waals surface area contributed by atoms with Gasteiger partial charge in [-0.05, 0) is 50.5 Å². The van der Waals surface area contributed by atoms with Crippen molar-refractivity contribution in [2.24, 2.45) is 0 Å². The van der Waals surface area contributed by atoms with E-state index in [1.165, 1.54) is 0 Å². The minimum Gasteiger partial charge on any atom is -0.399 e. The maximum absolute atomic E-state index is 11.9. The van der Waals surface area contributed by atoms with Crippen molar-refractivity contribution >= 4 is 11.6 Å². The molecule has 0 saturated heterocycles. The van der Waals surface area contributed by atoms with E-state index in [0.29, 0.717) is 17.7 Å². The Balaban J connectivity index is 2.63. The van der Waals surface area contributed by atoms with Crippen LogP contribution in [0.2, 0.25) is 0 Å². The number of benzene rings is 1. The van der Waals surface area contributed by atoms with Crippen LogP contribution in [0.15, 0.2) is 18.2 Å². The number of nitrogen functional groups attached to an aromatic ring is 1. The van der Waals surface area contributed by atoms with Crippen molar-refractivity contribution in [1.29, 1.82) is 0 Å².